The van der Waals surface area contributed by atoms with Gasteiger partial charge in [-0.2, -0.15) is 0 Å². The van der Waals surface area contributed by atoms with Gasteiger partial charge < -0.3 is 20.5 Å². The average molecular weight is 463 g/mol. The molecule has 0 amide bonds. The van der Waals surface area contributed by atoms with Crippen molar-refractivity contribution in [3.05, 3.63) is 22.2 Å². The Morgan fingerprint density at radius 1 is 1.24 bits per heavy atom. The Bertz CT molecular complexity index is 810. The highest BCUT2D eigenvalue weighted by molar-refractivity contribution is 5.70. The largest absolute Gasteiger partial charge is 0.481 e. The molecule has 2 aliphatic carbocycles. The third kappa shape index (κ3) is 6.79. The van der Waals surface area contributed by atoms with Crippen LogP contribution in [0.3, 0.4) is 0 Å². The van der Waals surface area contributed by atoms with Crippen molar-refractivity contribution in [1.82, 2.24) is 4.98 Å². The van der Waals surface area contributed by atoms with Crippen LogP contribution in [0.2, 0.25) is 0 Å². The zero-order chi connectivity index (χ0) is 24.0. The van der Waals surface area contributed by atoms with Crippen LogP contribution >= 0.6 is 0 Å². The van der Waals surface area contributed by atoms with Crippen LogP contribution in [0, 0.1) is 33.8 Å². The first-order valence-electron chi connectivity index (χ1n) is 12.3. The number of carbonyl (C=O) groups is 1. The van der Waals surface area contributed by atoms with Gasteiger partial charge in [0.25, 0.3) is 0 Å². The van der Waals surface area contributed by atoms with Crippen molar-refractivity contribution >= 4 is 23.3 Å². The maximum atomic E-state index is 11.5. The van der Waals surface area contributed by atoms with Gasteiger partial charge in [-0.3, -0.25) is 14.9 Å². The van der Waals surface area contributed by atoms with E-state index in [1.54, 1.807) is 6.07 Å². The molecule has 2 aliphatic rings. The molecule has 3 rings (SSSR count). The van der Waals surface area contributed by atoms with Crippen molar-refractivity contribution in [1.29, 1.82) is 0 Å². The molecular weight excluding hydrogens is 424 g/mol. The van der Waals surface area contributed by atoms with Gasteiger partial charge in [0.15, 0.2) is 0 Å². The summed E-state index contributed by atoms with van der Waals surface area (Å²) in [4.78, 5) is 26.6. The molecule has 3 unspecified atom stereocenters. The predicted molar refractivity (Wildman–Crippen MR) is 127 cm³/mol. The smallest absolute Gasteiger partial charge is 0.311 e. The second-order valence-corrected chi connectivity index (χ2v) is 9.92. The van der Waals surface area contributed by atoms with E-state index in [0.717, 1.165) is 19.3 Å². The van der Waals surface area contributed by atoms with Crippen molar-refractivity contribution in [3.8, 4) is 0 Å². The molecule has 1 aromatic rings. The highest BCUT2D eigenvalue weighted by Gasteiger charge is 2.33. The second-order valence-electron chi connectivity index (χ2n) is 9.92. The van der Waals surface area contributed by atoms with Crippen LogP contribution < -0.4 is 10.6 Å². The van der Waals surface area contributed by atoms with Gasteiger partial charge in [0.2, 0.25) is 5.82 Å². The second kappa shape index (κ2) is 11.6. The molecule has 0 aliphatic heterocycles. The number of carboxylic acid groups (broad SMARTS) is 1. The number of hydrogen-bond donors (Lipinski definition) is 3. The highest BCUT2D eigenvalue weighted by atomic mass is 16.6. The van der Waals surface area contributed by atoms with Crippen LogP contribution in [0.15, 0.2) is 12.1 Å². The van der Waals surface area contributed by atoms with Crippen LogP contribution in [-0.2, 0) is 9.53 Å². The van der Waals surface area contributed by atoms with Crippen molar-refractivity contribution in [2.45, 2.75) is 77.9 Å². The van der Waals surface area contributed by atoms with Gasteiger partial charge in [0.1, 0.15) is 5.82 Å². The van der Waals surface area contributed by atoms with E-state index in [1.165, 1.54) is 18.9 Å². The molecule has 2 fully saturated rings. The van der Waals surface area contributed by atoms with Gasteiger partial charge >= 0.3 is 11.7 Å². The monoisotopic (exact) mass is 462 g/mol. The molecule has 0 spiro atoms. The molecule has 3 N–H and O–H groups in total. The SMILES string of the molecule is CC(C)C1C(C)CCCC1OCCNc1nc(NC2CCC(C(=O)O)CC2)ccc1[N+](=O)[O-]. The van der Waals surface area contributed by atoms with Gasteiger partial charge in [-0.15, -0.1) is 0 Å². The molecule has 3 atom stereocenters. The molecule has 2 saturated carbocycles. The third-order valence-corrected chi connectivity index (χ3v) is 7.23. The van der Waals surface area contributed by atoms with E-state index in [2.05, 4.69) is 36.4 Å². The first-order valence-corrected chi connectivity index (χ1v) is 12.3. The molecule has 1 heterocycles. The van der Waals surface area contributed by atoms with Crippen LogP contribution in [0.25, 0.3) is 0 Å². The fourth-order valence-corrected chi connectivity index (χ4v) is 5.56. The summed E-state index contributed by atoms with van der Waals surface area (Å²) in [6.45, 7) is 7.72. The lowest BCUT2D eigenvalue weighted by Crippen LogP contribution is -2.37. The van der Waals surface area contributed by atoms with Crippen molar-refractivity contribution in [2.75, 3.05) is 23.8 Å². The molecule has 33 heavy (non-hydrogen) atoms. The van der Waals surface area contributed by atoms with Crippen LogP contribution in [-0.4, -0.2) is 46.3 Å². The number of rotatable bonds is 10. The summed E-state index contributed by atoms with van der Waals surface area (Å²) >= 11 is 0. The molecule has 0 radical (unpaired) electrons. The minimum Gasteiger partial charge on any atom is -0.481 e. The zero-order valence-electron chi connectivity index (χ0n) is 20.0. The minimum absolute atomic E-state index is 0.0681. The van der Waals surface area contributed by atoms with Gasteiger partial charge in [-0.1, -0.05) is 33.6 Å². The first kappa shape index (κ1) is 25.2. The number of anilines is 2. The summed E-state index contributed by atoms with van der Waals surface area (Å²) in [6.07, 6.45) is 6.44. The lowest BCUT2D eigenvalue weighted by atomic mass is 9.72. The van der Waals surface area contributed by atoms with Crippen LogP contribution in [0.5, 0.6) is 0 Å². The number of aliphatic carboxylic acids is 1. The summed E-state index contributed by atoms with van der Waals surface area (Å²) in [5.74, 6) is 1.51. The van der Waals surface area contributed by atoms with E-state index < -0.39 is 10.9 Å². The number of carboxylic acids is 1. The van der Waals surface area contributed by atoms with E-state index >= 15 is 0 Å². The highest BCUT2D eigenvalue weighted by Crippen LogP contribution is 2.36. The lowest BCUT2D eigenvalue weighted by molar-refractivity contribution is -0.384. The topological polar surface area (TPSA) is 127 Å². The molecule has 1 aromatic heterocycles. The summed E-state index contributed by atoms with van der Waals surface area (Å²) in [6, 6.07) is 3.19. The predicted octanol–water partition coefficient (Wildman–Crippen LogP) is 4.93. The minimum atomic E-state index is -0.738. The summed E-state index contributed by atoms with van der Waals surface area (Å²) in [5, 5.41) is 27.0. The molecule has 0 bridgehead atoms. The average Bonchev–Trinajstić information content (AvgIpc) is 2.77. The molecule has 9 heteroatoms. The van der Waals surface area contributed by atoms with Crippen molar-refractivity contribution in [3.63, 3.8) is 0 Å². The molecule has 9 nitrogen and oxygen atoms in total. The number of nitrogens with zero attached hydrogens (tertiary/aromatic N) is 2. The fourth-order valence-electron chi connectivity index (χ4n) is 5.56. The lowest BCUT2D eigenvalue weighted by Gasteiger charge is -2.39. The Kier molecular flexibility index (Phi) is 8.88. The quantitative estimate of drug-likeness (QED) is 0.254. The van der Waals surface area contributed by atoms with E-state index in [-0.39, 0.29) is 29.6 Å². The Balaban J connectivity index is 1.55. The van der Waals surface area contributed by atoms with E-state index in [9.17, 15) is 14.9 Å². The van der Waals surface area contributed by atoms with Gasteiger partial charge in [0.05, 0.1) is 23.6 Å². The molecular formula is C24H38N4O5. The number of aromatic nitrogens is 1. The third-order valence-electron chi connectivity index (χ3n) is 7.23. The number of hydrogen-bond acceptors (Lipinski definition) is 7. The summed E-state index contributed by atoms with van der Waals surface area (Å²) < 4.78 is 6.21. The first-order chi connectivity index (χ1) is 15.8. The van der Waals surface area contributed by atoms with Crippen molar-refractivity contribution < 1.29 is 19.6 Å². The normalized spacial score (nSPS) is 27.8. The maximum absolute atomic E-state index is 11.5. The van der Waals surface area contributed by atoms with Gasteiger partial charge in [-0.25, -0.2) is 4.98 Å². The number of nitrogens with one attached hydrogen (secondary N) is 2. The van der Waals surface area contributed by atoms with Gasteiger partial charge in [0, 0.05) is 18.7 Å². The maximum Gasteiger partial charge on any atom is 0.311 e. The number of ether oxygens (including phenoxy) is 1. The van der Waals surface area contributed by atoms with Gasteiger partial charge in [-0.05, 0) is 55.9 Å². The number of pyridine rings is 1. The Labute approximate surface area is 195 Å². The van der Waals surface area contributed by atoms with E-state index in [1.807, 2.05) is 0 Å². The van der Waals surface area contributed by atoms with Crippen molar-refractivity contribution in [2.24, 2.45) is 23.7 Å². The molecule has 0 aromatic carbocycles. The standard InChI is InChI=1S/C24H38N4O5/c1-15(2)22-16(3)5-4-6-20(22)33-14-13-25-23-19(28(31)32)11-12-21(27-23)26-18-9-7-17(8-10-18)24(29)30/h11-12,15-18,20,22H,4-10,13-14H2,1-3H3,(H,29,30)(H2,25,26,27). The summed E-state index contributed by atoms with van der Waals surface area (Å²) in [7, 11) is 0. The number of nitro groups is 1. The Morgan fingerprint density at radius 3 is 2.61 bits per heavy atom. The fraction of sp³-hybridized carbons (Fsp3) is 0.750. The zero-order valence-corrected chi connectivity index (χ0v) is 20.0. The molecule has 184 valence electrons. The van der Waals surface area contributed by atoms with E-state index in [4.69, 9.17) is 9.84 Å². The van der Waals surface area contributed by atoms with Crippen LogP contribution in [0.1, 0.15) is 65.7 Å². The Morgan fingerprint density at radius 2 is 1.97 bits per heavy atom. The Hall–Kier alpha value is -2.42. The van der Waals surface area contributed by atoms with E-state index in [0.29, 0.717) is 49.6 Å². The summed E-state index contributed by atoms with van der Waals surface area (Å²) in [5.41, 5.74) is -0.0681. The molecule has 0 saturated heterocycles. The van der Waals surface area contributed by atoms with Crippen LogP contribution in [0.4, 0.5) is 17.3 Å².